The van der Waals surface area contributed by atoms with Crippen LogP contribution < -0.4 is 0 Å². The van der Waals surface area contributed by atoms with E-state index in [9.17, 15) is 0 Å². The molecule has 0 spiro atoms. The number of hydrogen-bond donors (Lipinski definition) is 0. The van der Waals surface area contributed by atoms with E-state index in [0.717, 1.165) is 49.3 Å². The molecular formula is C26H30N4. The lowest BCUT2D eigenvalue weighted by molar-refractivity contribution is 0.245. The van der Waals surface area contributed by atoms with E-state index in [1.807, 2.05) is 13.1 Å². The van der Waals surface area contributed by atoms with Crippen molar-refractivity contribution in [1.29, 1.82) is 0 Å². The van der Waals surface area contributed by atoms with Gasteiger partial charge in [0.25, 0.3) is 0 Å². The molecule has 0 bridgehead atoms. The summed E-state index contributed by atoms with van der Waals surface area (Å²) >= 11 is 0. The van der Waals surface area contributed by atoms with Crippen molar-refractivity contribution in [2.24, 2.45) is 4.99 Å². The van der Waals surface area contributed by atoms with Crippen molar-refractivity contribution in [3.05, 3.63) is 70.7 Å². The van der Waals surface area contributed by atoms with E-state index >= 15 is 0 Å². The molecule has 30 heavy (non-hydrogen) atoms. The summed E-state index contributed by atoms with van der Waals surface area (Å²) in [4.78, 5) is 11.8. The van der Waals surface area contributed by atoms with Gasteiger partial charge < -0.3 is 4.57 Å². The Morgan fingerprint density at radius 1 is 1.13 bits per heavy atom. The number of aryl methyl sites for hydroxylation is 3. The van der Waals surface area contributed by atoms with Crippen LogP contribution in [0.25, 0.3) is 16.6 Å². The zero-order valence-electron chi connectivity index (χ0n) is 18.4. The first-order valence-corrected chi connectivity index (χ1v) is 11.0. The van der Waals surface area contributed by atoms with Crippen LogP contribution >= 0.6 is 0 Å². The Labute approximate surface area is 179 Å². The monoisotopic (exact) mass is 398 g/mol. The molecule has 154 valence electrons. The predicted molar refractivity (Wildman–Crippen MR) is 125 cm³/mol. The molecule has 0 fully saturated rings. The third-order valence-electron chi connectivity index (χ3n) is 6.79. The van der Waals surface area contributed by atoms with Gasteiger partial charge in [-0.25, -0.2) is 0 Å². The van der Waals surface area contributed by atoms with Gasteiger partial charge in [0, 0.05) is 78.2 Å². The number of allylic oxidation sites excluding steroid dienone is 1. The van der Waals surface area contributed by atoms with Gasteiger partial charge in [0.15, 0.2) is 0 Å². The van der Waals surface area contributed by atoms with Crippen LogP contribution in [0.1, 0.15) is 53.9 Å². The van der Waals surface area contributed by atoms with Gasteiger partial charge in [-0.1, -0.05) is 17.7 Å². The zero-order valence-corrected chi connectivity index (χ0v) is 18.4. The molecule has 0 saturated carbocycles. The molecule has 2 aliphatic rings. The third-order valence-corrected chi connectivity index (χ3v) is 6.79. The zero-order chi connectivity index (χ0) is 20.8. The second-order valence-corrected chi connectivity index (χ2v) is 8.85. The van der Waals surface area contributed by atoms with Crippen LogP contribution in [0.5, 0.6) is 0 Å². The average Bonchev–Trinajstić information content (AvgIpc) is 3.32. The minimum absolute atomic E-state index is 0.463. The first kappa shape index (κ1) is 19.3. The number of nitrogens with zero attached hydrogens (tertiary/aromatic N) is 4. The predicted octanol–water partition coefficient (Wildman–Crippen LogP) is 5.48. The van der Waals surface area contributed by atoms with Crippen molar-refractivity contribution in [2.45, 2.75) is 52.6 Å². The average molecular weight is 399 g/mol. The van der Waals surface area contributed by atoms with Gasteiger partial charge in [-0.05, 0) is 57.6 Å². The lowest BCUT2D eigenvalue weighted by Crippen LogP contribution is -2.31. The molecule has 0 aliphatic carbocycles. The lowest BCUT2D eigenvalue weighted by Gasteiger charge is -2.31. The van der Waals surface area contributed by atoms with Crippen molar-refractivity contribution in [2.75, 3.05) is 13.6 Å². The van der Waals surface area contributed by atoms with Gasteiger partial charge in [0.05, 0.1) is 5.70 Å². The molecule has 3 aromatic rings. The number of fused-ring (bicyclic) bond motifs is 3. The highest BCUT2D eigenvalue weighted by atomic mass is 15.1. The van der Waals surface area contributed by atoms with Gasteiger partial charge in [-0.2, -0.15) is 0 Å². The van der Waals surface area contributed by atoms with E-state index in [-0.39, 0.29) is 0 Å². The quantitative estimate of drug-likeness (QED) is 0.583. The van der Waals surface area contributed by atoms with Gasteiger partial charge in [0.2, 0.25) is 0 Å². The molecule has 0 saturated heterocycles. The summed E-state index contributed by atoms with van der Waals surface area (Å²) in [7, 11) is 2.24. The Morgan fingerprint density at radius 3 is 2.80 bits per heavy atom. The van der Waals surface area contributed by atoms with Crippen LogP contribution in [-0.2, 0) is 13.0 Å². The molecular weight excluding hydrogens is 368 g/mol. The summed E-state index contributed by atoms with van der Waals surface area (Å²) in [6.45, 7) is 8.68. The smallest absolute Gasteiger partial charge is 0.0680 e. The maximum atomic E-state index is 4.94. The molecule has 1 atom stereocenters. The van der Waals surface area contributed by atoms with Crippen LogP contribution in [-0.4, -0.2) is 33.8 Å². The molecule has 0 N–H and O–H groups in total. The SMILES string of the molecule is Cc1ccc2c(c1)c1c(n2CCC2=NC(c3ccc(C)nc3)=CC2)CCN(C)C1C. The Morgan fingerprint density at radius 2 is 2.00 bits per heavy atom. The van der Waals surface area contributed by atoms with Crippen molar-refractivity contribution < 1.29 is 0 Å². The van der Waals surface area contributed by atoms with E-state index in [1.165, 1.54) is 33.4 Å². The first-order valence-electron chi connectivity index (χ1n) is 11.0. The van der Waals surface area contributed by atoms with Crippen molar-refractivity contribution in [1.82, 2.24) is 14.5 Å². The van der Waals surface area contributed by atoms with E-state index < -0.39 is 0 Å². The minimum Gasteiger partial charge on any atom is -0.344 e. The molecule has 2 aliphatic heterocycles. The second kappa shape index (κ2) is 7.51. The topological polar surface area (TPSA) is 33.4 Å². The normalized spacial score (nSPS) is 19.1. The highest BCUT2D eigenvalue weighted by Crippen LogP contribution is 2.37. The Hall–Kier alpha value is -2.72. The van der Waals surface area contributed by atoms with Crippen molar-refractivity contribution >= 4 is 22.3 Å². The summed E-state index contributed by atoms with van der Waals surface area (Å²) in [6.07, 6.45) is 7.24. The third kappa shape index (κ3) is 3.29. The maximum Gasteiger partial charge on any atom is 0.0680 e. The maximum absolute atomic E-state index is 4.94. The Bertz CT molecular complexity index is 1160. The Balaban J connectivity index is 1.43. The summed E-state index contributed by atoms with van der Waals surface area (Å²) < 4.78 is 2.57. The van der Waals surface area contributed by atoms with E-state index in [1.54, 1.807) is 0 Å². The van der Waals surface area contributed by atoms with Gasteiger partial charge in [-0.15, -0.1) is 0 Å². The van der Waals surface area contributed by atoms with Crippen LogP contribution in [0.3, 0.4) is 0 Å². The fraction of sp³-hybridized carbons (Fsp3) is 0.385. The molecule has 0 amide bonds. The van der Waals surface area contributed by atoms with Crippen LogP contribution in [0, 0.1) is 13.8 Å². The summed E-state index contributed by atoms with van der Waals surface area (Å²) in [5, 5.41) is 1.43. The van der Waals surface area contributed by atoms with Gasteiger partial charge >= 0.3 is 0 Å². The van der Waals surface area contributed by atoms with Crippen molar-refractivity contribution in [3.8, 4) is 0 Å². The second-order valence-electron chi connectivity index (χ2n) is 8.85. The van der Waals surface area contributed by atoms with Gasteiger partial charge in [0.1, 0.15) is 0 Å². The molecule has 4 heteroatoms. The molecule has 0 radical (unpaired) electrons. The highest BCUT2D eigenvalue weighted by Gasteiger charge is 2.28. The van der Waals surface area contributed by atoms with E-state index in [4.69, 9.17) is 4.99 Å². The number of pyridine rings is 1. The molecule has 5 rings (SSSR count). The molecule has 4 heterocycles. The van der Waals surface area contributed by atoms with Crippen LogP contribution in [0.2, 0.25) is 0 Å². The number of likely N-dealkylation sites (N-methyl/N-ethyl adjacent to an activating group) is 1. The number of aliphatic imine (C=N–C) groups is 1. The summed E-state index contributed by atoms with van der Waals surface area (Å²) in [5.41, 5.74) is 10.3. The van der Waals surface area contributed by atoms with E-state index in [0.29, 0.717) is 6.04 Å². The minimum atomic E-state index is 0.463. The van der Waals surface area contributed by atoms with Gasteiger partial charge in [-0.3, -0.25) is 14.9 Å². The van der Waals surface area contributed by atoms with Crippen LogP contribution in [0.15, 0.2) is 47.6 Å². The lowest BCUT2D eigenvalue weighted by atomic mass is 9.97. The number of aromatic nitrogens is 2. The fourth-order valence-corrected chi connectivity index (χ4v) is 4.91. The largest absolute Gasteiger partial charge is 0.344 e. The summed E-state index contributed by atoms with van der Waals surface area (Å²) in [6, 6.07) is 11.6. The number of rotatable bonds is 4. The first-order chi connectivity index (χ1) is 14.5. The standard InChI is InChI=1S/C26H30N4/c1-17-5-10-24-22(15-17)26-19(3)29(4)13-12-25(26)30(24)14-11-21-8-9-23(28-21)20-7-6-18(2)27-16-20/h5-7,9-10,15-16,19H,8,11-14H2,1-4H3. The highest BCUT2D eigenvalue weighted by molar-refractivity contribution is 5.96. The molecule has 1 aromatic carbocycles. The number of hydrogen-bond acceptors (Lipinski definition) is 3. The fourth-order valence-electron chi connectivity index (χ4n) is 4.91. The van der Waals surface area contributed by atoms with Crippen molar-refractivity contribution in [3.63, 3.8) is 0 Å². The Kier molecular flexibility index (Phi) is 4.82. The molecule has 4 nitrogen and oxygen atoms in total. The van der Waals surface area contributed by atoms with Crippen LogP contribution in [0.4, 0.5) is 0 Å². The number of benzene rings is 1. The summed E-state index contributed by atoms with van der Waals surface area (Å²) in [5.74, 6) is 0. The molecule has 2 aromatic heterocycles. The van der Waals surface area contributed by atoms with E-state index in [2.05, 4.69) is 71.8 Å². The molecule has 1 unspecified atom stereocenters.